The molecule has 1 aliphatic rings. The number of hydrogen-bond donors (Lipinski definition) is 2. The van der Waals surface area contributed by atoms with Crippen molar-refractivity contribution in [2.45, 2.75) is 19.6 Å². The fraction of sp³-hybridized carbons (Fsp3) is 0.217. The van der Waals surface area contributed by atoms with Crippen LogP contribution in [-0.4, -0.2) is 45.7 Å². The van der Waals surface area contributed by atoms with E-state index in [2.05, 4.69) is 21.4 Å². The fourth-order valence-corrected chi connectivity index (χ4v) is 3.48. The smallest absolute Gasteiger partial charge is 0.325 e. The van der Waals surface area contributed by atoms with Crippen molar-refractivity contribution in [2.24, 2.45) is 0 Å². The molecule has 8 nitrogen and oxygen atoms in total. The zero-order valence-electron chi connectivity index (χ0n) is 16.8. The topological polar surface area (TPSA) is 104 Å². The molecular weight excluding hydrogens is 396 g/mol. The molecule has 2 heterocycles. The second-order valence-electron chi connectivity index (χ2n) is 7.20. The van der Waals surface area contributed by atoms with Gasteiger partial charge in [0.05, 0.1) is 6.33 Å². The summed E-state index contributed by atoms with van der Waals surface area (Å²) in [7, 11) is 0. The molecule has 0 saturated heterocycles. The number of aromatic amines is 1. The number of nitrogens with one attached hydrogen (secondary N) is 2. The van der Waals surface area contributed by atoms with Gasteiger partial charge in [-0.25, -0.2) is 4.98 Å². The molecule has 0 radical (unpaired) electrons. The van der Waals surface area contributed by atoms with E-state index in [0.717, 1.165) is 17.5 Å². The molecule has 8 heteroatoms. The molecule has 2 aromatic carbocycles. The average Bonchev–Trinajstić information content (AvgIpc) is 3.31. The van der Waals surface area contributed by atoms with E-state index in [1.165, 1.54) is 11.9 Å². The van der Waals surface area contributed by atoms with Crippen LogP contribution in [0.25, 0.3) is 0 Å². The molecule has 0 fully saturated rings. The molecule has 0 bridgehead atoms. The molecule has 4 rings (SSSR count). The molecule has 1 aromatic heterocycles. The van der Waals surface area contributed by atoms with Crippen LogP contribution in [0.3, 0.4) is 0 Å². The number of imidazole rings is 1. The highest BCUT2D eigenvalue weighted by atomic mass is 16.5. The maximum absolute atomic E-state index is 13.0. The molecule has 0 aliphatic carbocycles. The van der Waals surface area contributed by atoms with Crippen LogP contribution in [0.1, 0.15) is 37.7 Å². The minimum Gasteiger partial charge on any atom is -0.460 e. The molecule has 0 saturated carbocycles. The van der Waals surface area contributed by atoms with E-state index >= 15 is 0 Å². The lowest BCUT2D eigenvalue weighted by atomic mass is 9.99. The maximum atomic E-state index is 13.0. The van der Waals surface area contributed by atoms with Gasteiger partial charge in [-0.1, -0.05) is 54.6 Å². The van der Waals surface area contributed by atoms with E-state index in [4.69, 9.17) is 4.74 Å². The number of fused-ring (bicyclic) bond motifs is 1. The predicted molar refractivity (Wildman–Crippen MR) is 112 cm³/mol. The highest BCUT2D eigenvalue weighted by Gasteiger charge is 2.27. The summed E-state index contributed by atoms with van der Waals surface area (Å²) in [5, 5.41) is 2.47. The van der Waals surface area contributed by atoms with Crippen LogP contribution >= 0.6 is 0 Å². The van der Waals surface area contributed by atoms with E-state index in [9.17, 15) is 14.4 Å². The number of hydrogen-bond acceptors (Lipinski definition) is 5. The standard InChI is InChI=1S/C23H22N4O4/c28-19(31-14-16-6-2-1-3-7-16)12-24-22(29)20-21(26-15-25-20)23(30)27-11-10-17-8-4-5-9-18(17)13-27/h1-9,15H,10-14H2,(H,24,29)(H,25,26). The molecule has 2 amide bonds. The summed E-state index contributed by atoms with van der Waals surface area (Å²) in [5.74, 6) is -1.49. The summed E-state index contributed by atoms with van der Waals surface area (Å²) >= 11 is 0. The molecule has 1 aliphatic heterocycles. The number of carbonyl (C=O) groups is 3. The van der Waals surface area contributed by atoms with Gasteiger partial charge >= 0.3 is 5.97 Å². The number of esters is 1. The van der Waals surface area contributed by atoms with Crippen molar-refractivity contribution in [3.63, 3.8) is 0 Å². The lowest BCUT2D eigenvalue weighted by Gasteiger charge is -2.28. The highest BCUT2D eigenvalue weighted by molar-refractivity contribution is 6.05. The van der Waals surface area contributed by atoms with Crippen LogP contribution in [0, 0.1) is 0 Å². The van der Waals surface area contributed by atoms with E-state index < -0.39 is 11.9 Å². The average molecular weight is 418 g/mol. The Morgan fingerprint density at radius 1 is 1.03 bits per heavy atom. The van der Waals surface area contributed by atoms with E-state index in [-0.39, 0.29) is 30.4 Å². The molecule has 0 atom stereocenters. The lowest BCUT2D eigenvalue weighted by Crippen LogP contribution is -2.38. The van der Waals surface area contributed by atoms with Gasteiger partial charge in [0.25, 0.3) is 11.8 Å². The number of H-pyrrole nitrogens is 1. The van der Waals surface area contributed by atoms with Crippen LogP contribution in [0.5, 0.6) is 0 Å². The van der Waals surface area contributed by atoms with E-state index in [1.807, 2.05) is 48.5 Å². The predicted octanol–water partition coefficient (Wildman–Crippen LogP) is 2.08. The fourth-order valence-electron chi connectivity index (χ4n) is 3.48. The summed E-state index contributed by atoms with van der Waals surface area (Å²) in [6, 6.07) is 17.2. The Bertz CT molecular complexity index is 1090. The summed E-state index contributed by atoms with van der Waals surface area (Å²) in [4.78, 5) is 45.9. The third-order valence-electron chi connectivity index (χ3n) is 5.12. The Kier molecular flexibility index (Phi) is 6.07. The first-order chi connectivity index (χ1) is 15.1. The Labute approximate surface area is 179 Å². The monoisotopic (exact) mass is 418 g/mol. The minimum atomic E-state index is -0.612. The third-order valence-corrected chi connectivity index (χ3v) is 5.12. The van der Waals surface area contributed by atoms with Crippen LogP contribution < -0.4 is 5.32 Å². The van der Waals surface area contributed by atoms with Crippen LogP contribution in [-0.2, 0) is 29.1 Å². The van der Waals surface area contributed by atoms with E-state index in [1.54, 1.807) is 4.90 Å². The SMILES string of the molecule is O=C(CNC(=O)c1nc[nH]c1C(=O)N1CCc2ccccc2C1)OCc1ccccc1. The quantitative estimate of drug-likeness (QED) is 0.597. The molecule has 31 heavy (non-hydrogen) atoms. The number of amides is 2. The van der Waals surface area contributed by atoms with E-state index in [0.29, 0.717) is 13.1 Å². The minimum absolute atomic E-state index is 0.0419. The summed E-state index contributed by atoms with van der Waals surface area (Å²) < 4.78 is 5.14. The van der Waals surface area contributed by atoms with Crippen LogP contribution in [0.15, 0.2) is 60.9 Å². The van der Waals surface area contributed by atoms with Crippen molar-refractivity contribution in [2.75, 3.05) is 13.1 Å². The van der Waals surface area contributed by atoms with Gasteiger partial charge in [-0.3, -0.25) is 14.4 Å². The molecule has 158 valence electrons. The highest BCUT2D eigenvalue weighted by Crippen LogP contribution is 2.20. The van der Waals surface area contributed by atoms with Crippen LogP contribution in [0.2, 0.25) is 0 Å². The zero-order valence-corrected chi connectivity index (χ0v) is 16.8. The number of nitrogens with zero attached hydrogens (tertiary/aromatic N) is 2. The number of aromatic nitrogens is 2. The molecule has 3 aromatic rings. The summed E-state index contributed by atoms with van der Waals surface area (Å²) in [5.41, 5.74) is 3.23. The van der Waals surface area contributed by atoms with Crippen molar-refractivity contribution in [3.05, 3.63) is 89.0 Å². The number of carbonyl (C=O) groups excluding carboxylic acids is 3. The van der Waals surface area contributed by atoms with Crippen LogP contribution in [0.4, 0.5) is 0 Å². The Morgan fingerprint density at radius 3 is 2.58 bits per heavy atom. The Hall–Kier alpha value is -3.94. The van der Waals surface area contributed by atoms with Gasteiger partial charge in [-0.15, -0.1) is 0 Å². The molecule has 0 spiro atoms. The molecule has 0 unspecified atom stereocenters. The van der Waals surface area contributed by atoms with Crippen molar-refractivity contribution in [1.29, 1.82) is 0 Å². The van der Waals surface area contributed by atoms with Crippen molar-refractivity contribution < 1.29 is 19.1 Å². The first-order valence-electron chi connectivity index (χ1n) is 9.99. The molecule has 2 N–H and O–H groups in total. The van der Waals surface area contributed by atoms with Crippen molar-refractivity contribution >= 4 is 17.8 Å². The van der Waals surface area contributed by atoms with Gasteiger partial charge in [-0.05, 0) is 23.1 Å². The molecular formula is C23H22N4O4. The Morgan fingerprint density at radius 2 is 1.77 bits per heavy atom. The lowest BCUT2D eigenvalue weighted by molar-refractivity contribution is -0.143. The maximum Gasteiger partial charge on any atom is 0.325 e. The second-order valence-corrected chi connectivity index (χ2v) is 7.20. The zero-order chi connectivity index (χ0) is 21.6. The second kappa shape index (κ2) is 9.25. The van der Waals surface area contributed by atoms with Gasteiger partial charge in [0.1, 0.15) is 18.8 Å². The largest absolute Gasteiger partial charge is 0.460 e. The summed E-state index contributed by atoms with van der Waals surface area (Å²) in [6.07, 6.45) is 2.05. The van der Waals surface area contributed by atoms with Gasteiger partial charge < -0.3 is 19.9 Å². The normalized spacial score (nSPS) is 12.7. The van der Waals surface area contributed by atoms with Gasteiger partial charge in [0, 0.05) is 13.1 Å². The van der Waals surface area contributed by atoms with Gasteiger partial charge in [-0.2, -0.15) is 0 Å². The number of ether oxygens (including phenoxy) is 1. The first kappa shape index (κ1) is 20.3. The Balaban J connectivity index is 1.34. The number of benzene rings is 2. The van der Waals surface area contributed by atoms with Crippen molar-refractivity contribution in [1.82, 2.24) is 20.2 Å². The van der Waals surface area contributed by atoms with Gasteiger partial charge in [0.2, 0.25) is 0 Å². The van der Waals surface area contributed by atoms with Crippen molar-refractivity contribution in [3.8, 4) is 0 Å². The summed E-state index contributed by atoms with van der Waals surface area (Å²) in [6.45, 7) is 0.837. The number of rotatable bonds is 6. The third kappa shape index (κ3) is 4.80. The first-order valence-corrected chi connectivity index (χ1v) is 9.99. The van der Waals surface area contributed by atoms with Gasteiger partial charge in [0.15, 0.2) is 5.69 Å².